The number of alkyl halides is 9. The van der Waals surface area contributed by atoms with Crippen LogP contribution in [0.15, 0.2) is 42.5 Å². The van der Waals surface area contributed by atoms with Crippen molar-refractivity contribution < 1.29 is 75.1 Å². The molecule has 0 radical (unpaired) electrons. The van der Waals surface area contributed by atoms with Crippen LogP contribution in [-0.2, 0) is 61.0 Å². The van der Waals surface area contributed by atoms with Crippen molar-refractivity contribution in [2.75, 3.05) is 22.9 Å². The fourth-order valence-electron chi connectivity index (χ4n) is 7.88. The summed E-state index contributed by atoms with van der Waals surface area (Å²) in [6.07, 6.45) is -11.7. The molecule has 0 saturated heterocycles. The second-order valence-electron chi connectivity index (χ2n) is 16.6. The molecule has 0 bridgehead atoms. The smallest absolute Gasteiger partial charge is 0.432 e. The van der Waals surface area contributed by atoms with Crippen molar-refractivity contribution in [3.05, 3.63) is 93.0 Å². The third-order valence-corrected chi connectivity index (χ3v) is 14.5. The van der Waals surface area contributed by atoms with E-state index >= 15 is 8.78 Å². The Bertz CT molecular complexity index is 3220. The highest BCUT2D eigenvalue weighted by Gasteiger charge is 2.68. The van der Waals surface area contributed by atoms with Gasteiger partial charge in [0, 0.05) is 34.9 Å². The Hall–Kier alpha value is -5.65. The molecule has 370 valence electrons. The molecule has 0 aliphatic heterocycles. The molecular formula is C41H33Cl2F10N7O7S2. The zero-order chi connectivity index (χ0) is 51.1. The van der Waals surface area contributed by atoms with Gasteiger partial charge in [-0.2, -0.15) is 49.6 Å². The molecule has 2 aliphatic carbocycles. The second-order valence-corrected chi connectivity index (χ2v) is 21.6. The van der Waals surface area contributed by atoms with Gasteiger partial charge in [-0.3, -0.25) is 14.2 Å². The van der Waals surface area contributed by atoms with E-state index in [-0.39, 0.29) is 42.5 Å². The van der Waals surface area contributed by atoms with E-state index in [9.17, 15) is 61.5 Å². The summed E-state index contributed by atoms with van der Waals surface area (Å²) in [5, 5.41) is 8.47. The second kappa shape index (κ2) is 17.6. The standard InChI is InChI=1S/C41H33Cl2F10N7O7S2/c1-38(2,68(3,63)64)10-9-22-5-6-23(24-7-8-27(43)31-33(24)59(17-39(46,47)48)57-36(31)60(69(4,65)66)37(62)67-18-42)32(54-22)28(13-19-11-20(44)14-21(45)12-19)55-29(61)16-58-35-30(34(56-58)41(51,52)53)25-15-26(25)40(35,49)50/h5-8,11-12,14,25-26,28H,13,15-18H2,1-4H3,(H,55,61)/t25-,26+,28-/m0/s1. The predicted molar refractivity (Wildman–Crippen MR) is 227 cm³/mol. The molecule has 3 heterocycles. The summed E-state index contributed by atoms with van der Waals surface area (Å²) in [5.41, 5.74) is -5.96. The number of sulfone groups is 1. The van der Waals surface area contributed by atoms with Crippen molar-refractivity contribution in [2.24, 2.45) is 5.92 Å². The number of sulfonamides is 1. The van der Waals surface area contributed by atoms with Gasteiger partial charge in [-0.1, -0.05) is 35.2 Å². The number of pyridine rings is 1. The van der Waals surface area contributed by atoms with Crippen LogP contribution in [0.1, 0.15) is 66.1 Å². The van der Waals surface area contributed by atoms with E-state index in [1.807, 2.05) is 0 Å². The molecule has 2 aliphatic rings. The molecule has 0 unspecified atom stereocenters. The summed E-state index contributed by atoms with van der Waals surface area (Å²) in [5.74, 6) is -6.11. The van der Waals surface area contributed by atoms with Gasteiger partial charge in [-0.25, -0.2) is 35.4 Å². The molecule has 5 aromatic rings. The highest BCUT2D eigenvalue weighted by Crippen LogP contribution is 2.68. The van der Waals surface area contributed by atoms with Gasteiger partial charge in [0.25, 0.3) is 5.92 Å². The fourth-order valence-corrected chi connectivity index (χ4v) is 9.22. The van der Waals surface area contributed by atoms with E-state index in [1.54, 1.807) is 0 Å². The monoisotopic (exact) mass is 1060 g/mol. The summed E-state index contributed by atoms with van der Waals surface area (Å²) >= 11 is 12.0. The number of anilines is 1. The number of carbonyl (C=O) groups excluding carboxylic acids is 2. The molecule has 69 heavy (non-hydrogen) atoms. The van der Waals surface area contributed by atoms with Gasteiger partial charge in [0.1, 0.15) is 40.9 Å². The summed E-state index contributed by atoms with van der Waals surface area (Å²) in [7, 11) is -8.72. The van der Waals surface area contributed by atoms with Crippen LogP contribution in [0.4, 0.5) is 54.5 Å². The van der Waals surface area contributed by atoms with Crippen molar-refractivity contribution in [3.8, 4) is 23.0 Å². The lowest BCUT2D eigenvalue weighted by molar-refractivity contribution is -0.143. The van der Waals surface area contributed by atoms with Crippen LogP contribution in [-0.4, -0.2) is 82.9 Å². The van der Waals surface area contributed by atoms with Crippen LogP contribution in [0.5, 0.6) is 0 Å². The average molecular weight is 1060 g/mol. The summed E-state index contributed by atoms with van der Waals surface area (Å²) in [6, 6.07) is 3.74. The average Bonchev–Trinajstić information content (AvgIpc) is 3.71. The fraction of sp³-hybridized carbons (Fsp3) is 0.390. The number of rotatable bonds is 12. The van der Waals surface area contributed by atoms with Crippen LogP contribution >= 0.6 is 23.2 Å². The molecule has 2 aromatic carbocycles. The number of hydrogen-bond acceptors (Lipinski definition) is 10. The van der Waals surface area contributed by atoms with Crippen molar-refractivity contribution in [3.63, 3.8) is 0 Å². The third-order valence-electron chi connectivity index (χ3n) is 11.2. The largest absolute Gasteiger partial charge is 0.435 e. The Morgan fingerprint density at radius 1 is 0.971 bits per heavy atom. The lowest BCUT2D eigenvalue weighted by Crippen LogP contribution is -2.37. The first-order valence-corrected chi connectivity index (χ1v) is 24.4. The number of aromatic nitrogens is 5. The number of amides is 2. The molecule has 1 N–H and O–H groups in total. The molecule has 7 rings (SSSR count). The first-order valence-electron chi connectivity index (χ1n) is 19.8. The minimum absolute atomic E-state index is 0.119. The van der Waals surface area contributed by atoms with Gasteiger partial charge in [-0.05, 0) is 74.4 Å². The maximum atomic E-state index is 15.5. The predicted octanol–water partition coefficient (Wildman–Crippen LogP) is 8.39. The normalized spacial score (nSPS) is 17.2. The summed E-state index contributed by atoms with van der Waals surface area (Å²) in [4.78, 5) is 31.7. The highest BCUT2D eigenvalue weighted by molar-refractivity contribution is 7.93. The Labute approximate surface area is 394 Å². The molecule has 3 aromatic heterocycles. The Morgan fingerprint density at radius 2 is 1.61 bits per heavy atom. The van der Waals surface area contributed by atoms with Crippen molar-refractivity contribution >= 4 is 71.8 Å². The number of hydrogen-bond donors (Lipinski definition) is 1. The van der Waals surface area contributed by atoms with E-state index in [0.717, 1.165) is 42.7 Å². The lowest BCUT2D eigenvalue weighted by atomic mass is 9.93. The van der Waals surface area contributed by atoms with Crippen LogP contribution in [0.25, 0.3) is 22.0 Å². The third kappa shape index (κ3) is 10.2. The Kier molecular flexibility index (Phi) is 13.1. The molecule has 1 saturated carbocycles. The summed E-state index contributed by atoms with van der Waals surface area (Å²) < 4.78 is 201. The highest BCUT2D eigenvalue weighted by atomic mass is 35.5. The first kappa shape index (κ1) is 51.2. The molecule has 2 amide bonds. The van der Waals surface area contributed by atoms with Gasteiger partial charge in [0.2, 0.25) is 15.9 Å². The van der Waals surface area contributed by atoms with Crippen LogP contribution in [0.2, 0.25) is 5.02 Å². The lowest BCUT2D eigenvalue weighted by Gasteiger charge is -2.23. The van der Waals surface area contributed by atoms with Crippen LogP contribution < -0.4 is 9.62 Å². The molecule has 14 nitrogen and oxygen atoms in total. The van der Waals surface area contributed by atoms with E-state index in [2.05, 4.69) is 37.1 Å². The molecule has 3 atom stereocenters. The van der Waals surface area contributed by atoms with Gasteiger partial charge < -0.3 is 10.1 Å². The van der Waals surface area contributed by atoms with E-state index < -0.39 is 154 Å². The number of ether oxygens (including phenoxy) is 1. The van der Waals surface area contributed by atoms with Crippen molar-refractivity contribution in [1.82, 2.24) is 29.9 Å². The van der Waals surface area contributed by atoms with Crippen LogP contribution in [0, 0.1) is 29.4 Å². The van der Waals surface area contributed by atoms with Crippen molar-refractivity contribution in [1.29, 1.82) is 0 Å². The van der Waals surface area contributed by atoms with E-state index in [4.69, 9.17) is 23.2 Å². The number of halogens is 12. The van der Waals surface area contributed by atoms with Crippen molar-refractivity contribution in [2.45, 2.75) is 74.8 Å². The minimum atomic E-state index is -5.22. The Balaban J connectivity index is 1.49. The van der Waals surface area contributed by atoms with E-state index in [1.165, 1.54) is 13.8 Å². The zero-order valence-electron chi connectivity index (χ0n) is 35.7. The SMILES string of the molecule is CC(C)(C#Cc1ccc(-c2ccc(Cl)c3c(N(C(=O)OCCl)S(C)(=O)=O)nn(CC(F)(F)F)c23)c([C@H](Cc2cc(F)cc(F)c2)NC(=O)Cn2nc(C(F)(F)F)c3c2C(F)(F)[C@@H]2C[C@H]32)n1)S(C)(=O)=O. The molecule has 0 spiro atoms. The Morgan fingerprint density at radius 3 is 2.19 bits per heavy atom. The van der Waals surface area contributed by atoms with Gasteiger partial charge in [0.05, 0.1) is 33.9 Å². The van der Waals surface area contributed by atoms with Gasteiger partial charge >= 0.3 is 18.4 Å². The molecule has 28 heteroatoms. The molecule has 1 fully saturated rings. The number of benzene rings is 2. The zero-order valence-corrected chi connectivity index (χ0v) is 38.8. The number of carbonyl (C=O) groups is 2. The topological polar surface area (TPSA) is 175 Å². The van der Waals surface area contributed by atoms with Gasteiger partial charge in [-0.15, -0.1) is 0 Å². The van der Waals surface area contributed by atoms with Crippen LogP contribution in [0.3, 0.4) is 0 Å². The van der Waals surface area contributed by atoms with Gasteiger partial charge in [0.15, 0.2) is 27.4 Å². The number of fused-ring (bicyclic) bond motifs is 4. The molecular weight excluding hydrogens is 1030 g/mol. The number of nitrogens with one attached hydrogen (secondary N) is 1. The maximum absolute atomic E-state index is 15.5. The quantitative estimate of drug-likeness (QED) is 0.0726. The summed E-state index contributed by atoms with van der Waals surface area (Å²) in [6.45, 7) is -0.829. The minimum Gasteiger partial charge on any atom is -0.432 e. The first-order chi connectivity index (χ1) is 31.7. The number of nitrogens with zero attached hydrogens (tertiary/aromatic N) is 6. The van der Waals surface area contributed by atoms with E-state index in [0.29, 0.717) is 12.3 Å². The maximum Gasteiger partial charge on any atom is 0.435 e.